The third-order valence-electron chi connectivity index (χ3n) is 4.34. The normalized spacial score (nSPS) is 13.9. The molecule has 26 heavy (non-hydrogen) atoms. The molecular weight excluding hydrogens is 340 g/mol. The Labute approximate surface area is 150 Å². The van der Waals surface area contributed by atoms with Crippen LogP contribution in [0.5, 0.6) is 0 Å². The second kappa shape index (κ2) is 7.11. The van der Waals surface area contributed by atoms with E-state index in [0.29, 0.717) is 12.2 Å². The summed E-state index contributed by atoms with van der Waals surface area (Å²) in [4.78, 5) is 25.5. The fraction of sp³-hybridized carbons (Fsp3) is 0.263. The molecule has 1 unspecified atom stereocenters. The van der Waals surface area contributed by atoms with Crippen molar-refractivity contribution in [3.05, 3.63) is 53.6 Å². The van der Waals surface area contributed by atoms with E-state index < -0.39 is 29.3 Å². The molecule has 2 aromatic rings. The van der Waals surface area contributed by atoms with E-state index in [1.807, 2.05) is 12.1 Å². The molecule has 1 atom stereocenters. The van der Waals surface area contributed by atoms with E-state index >= 15 is 0 Å². The molecule has 0 bridgehead atoms. The van der Waals surface area contributed by atoms with Crippen LogP contribution in [-0.2, 0) is 16.0 Å². The van der Waals surface area contributed by atoms with E-state index in [0.717, 1.165) is 29.8 Å². The summed E-state index contributed by atoms with van der Waals surface area (Å²) in [7, 11) is 0. The Kier molecular flexibility index (Phi) is 4.88. The highest BCUT2D eigenvalue weighted by atomic mass is 19.1. The zero-order chi connectivity index (χ0) is 18.8. The fourth-order valence-electron chi connectivity index (χ4n) is 2.98. The topological polar surface area (TPSA) is 61.4 Å². The van der Waals surface area contributed by atoms with Crippen molar-refractivity contribution in [2.75, 3.05) is 22.1 Å². The van der Waals surface area contributed by atoms with Crippen LogP contribution < -0.4 is 15.5 Å². The third-order valence-corrected chi connectivity index (χ3v) is 4.34. The third kappa shape index (κ3) is 3.51. The minimum atomic E-state index is -0.826. The number of benzene rings is 2. The number of carbonyl (C=O) groups is 2. The van der Waals surface area contributed by atoms with E-state index in [1.54, 1.807) is 17.9 Å². The molecule has 2 aromatic carbocycles. The SMILES string of the molecule is CC(=O)N1CCc2cc(NC(C)C(=O)Nc3c(F)cccc3F)ccc21. The molecule has 0 spiro atoms. The molecule has 7 heteroatoms. The van der Waals surface area contributed by atoms with Crippen molar-refractivity contribution < 1.29 is 18.4 Å². The second-order valence-electron chi connectivity index (χ2n) is 6.22. The van der Waals surface area contributed by atoms with Gasteiger partial charge in [-0.3, -0.25) is 9.59 Å². The summed E-state index contributed by atoms with van der Waals surface area (Å²) in [5.74, 6) is -2.22. The highest BCUT2D eigenvalue weighted by Gasteiger charge is 2.23. The van der Waals surface area contributed by atoms with Crippen molar-refractivity contribution in [3.8, 4) is 0 Å². The molecule has 1 aliphatic heterocycles. The minimum Gasteiger partial charge on any atom is -0.374 e. The maximum Gasteiger partial charge on any atom is 0.246 e. The molecule has 0 saturated heterocycles. The Morgan fingerprint density at radius 2 is 1.85 bits per heavy atom. The van der Waals surface area contributed by atoms with Gasteiger partial charge in [0, 0.05) is 24.8 Å². The fourth-order valence-corrected chi connectivity index (χ4v) is 2.98. The molecule has 3 rings (SSSR count). The van der Waals surface area contributed by atoms with Crippen LogP contribution in [0, 0.1) is 11.6 Å². The standard InChI is InChI=1S/C19H19F2N3O2/c1-11(19(26)23-18-15(20)4-3-5-16(18)21)22-14-6-7-17-13(10-14)8-9-24(17)12(2)25/h3-7,10-11,22H,8-9H2,1-2H3,(H,23,26). The number of halogens is 2. The molecule has 1 heterocycles. The number of amides is 2. The molecular formula is C19H19F2N3O2. The molecule has 0 fully saturated rings. The quantitative estimate of drug-likeness (QED) is 0.880. The summed E-state index contributed by atoms with van der Waals surface area (Å²) in [5, 5.41) is 5.28. The highest BCUT2D eigenvalue weighted by molar-refractivity contribution is 5.97. The van der Waals surface area contributed by atoms with Crippen LogP contribution in [0.3, 0.4) is 0 Å². The zero-order valence-electron chi connectivity index (χ0n) is 14.5. The van der Waals surface area contributed by atoms with Gasteiger partial charge in [-0.15, -0.1) is 0 Å². The number of nitrogens with one attached hydrogen (secondary N) is 2. The summed E-state index contributed by atoms with van der Waals surface area (Å²) in [6.45, 7) is 3.76. The molecule has 2 N–H and O–H groups in total. The van der Waals surface area contributed by atoms with Crippen LogP contribution in [0.15, 0.2) is 36.4 Å². The first-order valence-corrected chi connectivity index (χ1v) is 8.29. The first-order chi connectivity index (χ1) is 12.4. The maximum absolute atomic E-state index is 13.6. The Balaban J connectivity index is 1.69. The number of hydrogen-bond donors (Lipinski definition) is 2. The second-order valence-corrected chi connectivity index (χ2v) is 6.22. The van der Waals surface area contributed by atoms with Crippen molar-refractivity contribution >= 4 is 28.9 Å². The van der Waals surface area contributed by atoms with E-state index in [4.69, 9.17) is 0 Å². The monoisotopic (exact) mass is 359 g/mol. The molecule has 0 aliphatic carbocycles. The average Bonchev–Trinajstić information content (AvgIpc) is 3.01. The van der Waals surface area contributed by atoms with Gasteiger partial charge in [0.2, 0.25) is 11.8 Å². The van der Waals surface area contributed by atoms with Crippen molar-refractivity contribution in [2.45, 2.75) is 26.3 Å². The predicted octanol–water partition coefficient (Wildman–Crippen LogP) is 3.31. The van der Waals surface area contributed by atoms with Crippen molar-refractivity contribution in [1.82, 2.24) is 0 Å². The van der Waals surface area contributed by atoms with Crippen LogP contribution in [0.25, 0.3) is 0 Å². The summed E-state index contributed by atoms with van der Waals surface area (Å²) < 4.78 is 27.3. The molecule has 136 valence electrons. The number of carbonyl (C=O) groups excluding carboxylic acids is 2. The molecule has 0 radical (unpaired) electrons. The van der Waals surface area contributed by atoms with Crippen molar-refractivity contribution in [1.29, 1.82) is 0 Å². The number of para-hydroxylation sites is 1. The number of anilines is 3. The number of fused-ring (bicyclic) bond motifs is 1. The summed E-state index contributed by atoms with van der Waals surface area (Å²) in [6.07, 6.45) is 0.742. The van der Waals surface area contributed by atoms with Crippen LogP contribution in [0.1, 0.15) is 19.4 Å². The van der Waals surface area contributed by atoms with E-state index in [-0.39, 0.29) is 5.91 Å². The zero-order valence-corrected chi connectivity index (χ0v) is 14.5. The lowest BCUT2D eigenvalue weighted by molar-refractivity contribution is -0.117. The van der Waals surface area contributed by atoms with Crippen LogP contribution in [0.4, 0.5) is 25.8 Å². The number of nitrogens with zero attached hydrogens (tertiary/aromatic N) is 1. The molecule has 1 aliphatic rings. The van der Waals surface area contributed by atoms with Gasteiger partial charge < -0.3 is 15.5 Å². The van der Waals surface area contributed by atoms with Gasteiger partial charge in [0.1, 0.15) is 23.4 Å². The molecule has 0 aromatic heterocycles. The predicted molar refractivity (Wildman–Crippen MR) is 96.2 cm³/mol. The number of hydrogen-bond acceptors (Lipinski definition) is 3. The van der Waals surface area contributed by atoms with Gasteiger partial charge in [-0.1, -0.05) is 6.07 Å². The largest absolute Gasteiger partial charge is 0.374 e. The van der Waals surface area contributed by atoms with Gasteiger partial charge in [0.25, 0.3) is 0 Å². The van der Waals surface area contributed by atoms with Gasteiger partial charge in [-0.05, 0) is 49.2 Å². The van der Waals surface area contributed by atoms with E-state index in [9.17, 15) is 18.4 Å². The Morgan fingerprint density at radius 3 is 2.50 bits per heavy atom. The molecule has 0 saturated carbocycles. The molecule has 5 nitrogen and oxygen atoms in total. The van der Waals surface area contributed by atoms with Gasteiger partial charge in [0.05, 0.1) is 0 Å². The lowest BCUT2D eigenvalue weighted by Crippen LogP contribution is -2.32. The Morgan fingerprint density at radius 1 is 1.15 bits per heavy atom. The van der Waals surface area contributed by atoms with Gasteiger partial charge in [-0.25, -0.2) is 8.78 Å². The lowest BCUT2D eigenvalue weighted by Gasteiger charge is -2.18. The minimum absolute atomic E-state index is 0.0101. The maximum atomic E-state index is 13.6. The van der Waals surface area contributed by atoms with Crippen LogP contribution >= 0.6 is 0 Å². The smallest absolute Gasteiger partial charge is 0.246 e. The Hall–Kier alpha value is -2.96. The van der Waals surface area contributed by atoms with Gasteiger partial charge in [0.15, 0.2) is 0 Å². The van der Waals surface area contributed by atoms with Gasteiger partial charge in [-0.2, -0.15) is 0 Å². The summed E-state index contributed by atoms with van der Waals surface area (Å²) in [5.41, 5.74) is 2.12. The van der Waals surface area contributed by atoms with Crippen molar-refractivity contribution in [3.63, 3.8) is 0 Å². The molecule has 2 amide bonds. The average molecular weight is 359 g/mol. The van der Waals surface area contributed by atoms with E-state index in [1.165, 1.54) is 13.0 Å². The summed E-state index contributed by atoms with van der Waals surface area (Å²) in [6, 6.07) is 8.16. The first kappa shape index (κ1) is 17.8. The summed E-state index contributed by atoms with van der Waals surface area (Å²) >= 11 is 0. The lowest BCUT2D eigenvalue weighted by atomic mass is 10.1. The Bertz CT molecular complexity index is 850. The van der Waals surface area contributed by atoms with Crippen LogP contribution in [0.2, 0.25) is 0 Å². The van der Waals surface area contributed by atoms with Crippen LogP contribution in [-0.4, -0.2) is 24.4 Å². The van der Waals surface area contributed by atoms with Gasteiger partial charge >= 0.3 is 0 Å². The number of rotatable bonds is 4. The highest BCUT2D eigenvalue weighted by Crippen LogP contribution is 2.30. The van der Waals surface area contributed by atoms with Crippen molar-refractivity contribution in [2.24, 2.45) is 0 Å². The first-order valence-electron chi connectivity index (χ1n) is 8.29. The van der Waals surface area contributed by atoms with E-state index in [2.05, 4.69) is 10.6 Å².